The maximum atomic E-state index is 13.1. The van der Waals surface area contributed by atoms with Crippen molar-refractivity contribution in [3.63, 3.8) is 0 Å². The van der Waals surface area contributed by atoms with Crippen LogP contribution in [0.4, 0.5) is 24.5 Å². The summed E-state index contributed by atoms with van der Waals surface area (Å²) in [5, 5.41) is 4.68. The van der Waals surface area contributed by atoms with Gasteiger partial charge in [-0.15, -0.1) is 0 Å². The van der Waals surface area contributed by atoms with Crippen LogP contribution in [-0.2, 0) is 15.8 Å². The van der Waals surface area contributed by atoms with Crippen molar-refractivity contribution in [2.45, 2.75) is 13.1 Å². The van der Waals surface area contributed by atoms with E-state index in [0.717, 1.165) is 12.1 Å². The molecule has 0 saturated carbocycles. The Kier molecular flexibility index (Phi) is 8.13. The van der Waals surface area contributed by atoms with Crippen molar-refractivity contribution >= 4 is 35.0 Å². The molecule has 2 rings (SSSR count). The number of nitrogens with one attached hydrogen (secondary N) is 2. The molecule has 2 aromatic carbocycles. The van der Waals surface area contributed by atoms with Crippen LogP contribution < -0.4 is 22.1 Å². The molecule has 0 heterocycles. The second-order valence-electron chi connectivity index (χ2n) is 6.97. The summed E-state index contributed by atoms with van der Waals surface area (Å²) in [7, 11) is 0. The number of nitrogens with two attached hydrogens (primary N) is 2. The van der Waals surface area contributed by atoms with Crippen LogP contribution >= 0.6 is 0 Å². The summed E-state index contributed by atoms with van der Waals surface area (Å²) in [6.07, 6.45) is -4.64. The lowest BCUT2D eigenvalue weighted by atomic mass is 10.1. The normalized spacial score (nSPS) is 11.2. The number of hydrogen-bond donors (Lipinski definition) is 4. The first-order valence-corrected chi connectivity index (χ1v) is 9.63. The number of hydrogen-bond acceptors (Lipinski definition) is 5. The van der Waals surface area contributed by atoms with Gasteiger partial charge in [-0.25, -0.2) is 0 Å². The quantitative estimate of drug-likeness (QED) is 0.446. The van der Waals surface area contributed by atoms with E-state index in [0.29, 0.717) is 0 Å². The van der Waals surface area contributed by atoms with Gasteiger partial charge in [0, 0.05) is 16.8 Å². The molecule has 2 aromatic rings. The summed E-state index contributed by atoms with van der Waals surface area (Å²) >= 11 is 0. The lowest BCUT2D eigenvalue weighted by Crippen LogP contribution is -2.39. The lowest BCUT2D eigenvalue weighted by Gasteiger charge is -2.20. The molecule has 0 aliphatic heterocycles. The molecule has 0 aromatic heterocycles. The molecular formula is C21H22F3N5O4. The van der Waals surface area contributed by atoms with Gasteiger partial charge in [-0.05, 0) is 36.9 Å². The Hall–Kier alpha value is -3.93. The van der Waals surface area contributed by atoms with Gasteiger partial charge in [0.1, 0.15) is 0 Å². The fraction of sp³-hybridized carbons (Fsp3) is 0.238. The third-order valence-electron chi connectivity index (χ3n) is 4.47. The Bertz CT molecular complexity index is 1040. The largest absolute Gasteiger partial charge is 0.418 e. The molecule has 6 N–H and O–H groups in total. The van der Waals surface area contributed by atoms with Crippen LogP contribution in [0.25, 0.3) is 0 Å². The SMILES string of the molecule is CCN(CC(=O)Nc1cc(C(N)=O)cc(C(N)=O)c1)CC(=O)Nc1ccccc1C(F)(F)F. The minimum absolute atomic E-state index is 0.0448. The van der Waals surface area contributed by atoms with Gasteiger partial charge in [0.15, 0.2) is 0 Å². The van der Waals surface area contributed by atoms with Gasteiger partial charge in [-0.3, -0.25) is 24.1 Å². The maximum absolute atomic E-state index is 13.1. The Morgan fingerprint density at radius 3 is 1.88 bits per heavy atom. The van der Waals surface area contributed by atoms with Crippen molar-refractivity contribution in [3.05, 3.63) is 59.2 Å². The fourth-order valence-corrected chi connectivity index (χ4v) is 2.90. The van der Waals surface area contributed by atoms with Crippen LogP contribution in [0.3, 0.4) is 0 Å². The topological polar surface area (TPSA) is 148 Å². The summed E-state index contributed by atoms with van der Waals surface area (Å²) in [6.45, 7) is 1.24. The van der Waals surface area contributed by atoms with Crippen molar-refractivity contribution in [1.82, 2.24) is 4.90 Å². The number of nitrogens with zero attached hydrogens (tertiary/aromatic N) is 1. The molecule has 0 radical (unpaired) electrons. The number of alkyl halides is 3. The number of primary amides is 2. The van der Waals surface area contributed by atoms with Crippen molar-refractivity contribution < 1.29 is 32.3 Å². The van der Waals surface area contributed by atoms with E-state index < -0.39 is 41.1 Å². The zero-order valence-electron chi connectivity index (χ0n) is 17.5. The van der Waals surface area contributed by atoms with E-state index in [4.69, 9.17) is 11.5 Å². The van der Waals surface area contributed by atoms with Gasteiger partial charge in [0.25, 0.3) is 0 Å². The lowest BCUT2D eigenvalue weighted by molar-refractivity contribution is -0.137. The second-order valence-corrected chi connectivity index (χ2v) is 6.97. The summed E-state index contributed by atoms with van der Waals surface area (Å²) < 4.78 is 39.3. The van der Waals surface area contributed by atoms with Gasteiger partial charge < -0.3 is 22.1 Å². The van der Waals surface area contributed by atoms with Crippen LogP contribution in [0.15, 0.2) is 42.5 Å². The highest BCUT2D eigenvalue weighted by atomic mass is 19.4. The van der Waals surface area contributed by atoms with Gasteiger partial charge >= 0.3 is 6.18 Å². The smallest absolute Gasteiger partial charge is 0.366 e. The van der Waals surface area contributed by atoms with E-state index in [1.807, 2.05) is 0 Å². The summed E-state index contributed by atoms with van der Waals surface area (Å²) in [6, 6.07) is 8.23. The van der Waals surface area contributed by atoms with E-state index in [-0.39, 0.29) is 36.4 Å². The predicted octanol–water partition coefficient (Wildman–Crippen LogP) is 1.80. The number of carbonyl (C=O) groups excluding carboxylic acids is 4. The van der Waals surface area contributed by atoms with Crippen LogP contribution in [0, 0.1) is 0 Å². The minimum Gasteiger partial charge on any atom is -0.366 e. The van der Waals surface area contributed by atoms with E-state index in [1.165, 1.54) is 35.2 Å². The van der Waals surface area contributed by atoms with Crippen LogP contribution in [-0.4, -0.2) is 48.2 Å². The predicted molar refractivity (Wildman–Crippen MR) is 114 cm³/mol. The highest BCUT2D eigenvalue weighted by molar-refractivity contribution is 6.02. The molecule has 0 fully saturated rings. The second kappa shape index (κ2) is 10.6. The van der Waals surface area contributed by atoms with Crippen LogP contribution in [0.1, 0.15) is 33.2 Å². The Labute approximate surface area is 186 Å². The molecule has 33 heavy (non-hydrogen) atoms. The molecular weight excluding hydrogens is 443 g/mol. The van der Waals surface area contributed by atoms with Crippen molar-refractivity contribution in [2.24, 2.45) is 11.5 Å². The molecule has 9 nitrogen and oxygen atoms in total. The van der Waals surface area contributed by atoms with Crippen molar-refractivity contribution in [2.75, 3.05) is 30.3 Å². The van der Waals surface area contributed by atoms with E-state index in [9.17, 15) is 32.3 Å². The summed E-state index contributed by atoms with van der Waals surface area (Å²) in [4.78, 5) is 48.9. The third kappa shape index (κ3) is 7.31. The molecule has 12 heteroatoms. The number of benzene rings is 2. The van der Waals surface area contributed by atoms with E-state index in [1.54, 1.807) is 6.92 Å². The molecule has 0 aliphatic rings. The number of para-hydroxylation sites is 1. The molecule has 0 atom stereocenters. The molecule has 0 saturated heterocycles. The average molecular weight is 465 g/mol. The average Bonchev–Trinajstić information content (AvgIpc) is 2.72. The van der Waals surface area contributed by atoms with Crippen LogP contribution in [0.5, 0.6) is 0 Å². The zero-order valence-corrected chi connectivity index (χ0v) is 17.5. The summed E-state index contributed by atoms with van der Waals surface area (Å²) in [5.74, 6) is -3.01. The van der Waals surface area contributed by atoms with Gasteiger partial charge in [0.05, 0.1) is 24.3 Å². The van der Waals surface area contributed by atoms with Gasteiger partial charge in [0.2, 0.25) is 23.6 Å². The molecule has 0 bridgehead atoms. The number of rotatable bonds is 9. The van der Waals surface area contributed by atoms with E-state index in [2.05, 4.69) is 10.6 Å². The van der Waals surface area contributed by atoms with Gasteiger partial charge in [-0.2, -0.15) is 13.2 Å². The highest BCUT2D eigenvalue weighted by Gasteiger charge is 2.33. The van der Waals surface area contributed by atoms with Crippen molar-refractivity contribution in [1.29, 1.82) is 0 Å². The molecule has 176 valence electrons. The molecule has 0 unspecified atom stereocenters. The number of halogens is 3. The first-order chi connectivity index (χ1) is 15.4. The zero-order chi connectivity index (χ0) is 24.8. The van der Waals surface area contributed by atoms with E-state index >= 15 is 0 Å². The Morgan fingerprint density at radius 2 is 1.39 bits per heavy atom. The standard InChI is InChI=1S/C21H22F3N5O4/c1-2-29(11-18(31)28-16-6-4-3-5-15(16)21(22,23)24)10-17(30)27-14-8-12(19(25)32)7-13(9-14)20(26)33/h3-9H,2,10-11H2,1H3,(H2,25,32)(H2,26,33)(H,27,30)(H,28,31). The number of likely N-dealkylation sites (N-methyl/N-ethyl adjacent to an activating group) is 1. The first-order valence-electron chi connectivity index (χ1n) is 9.63. The third-order valence-corrected chi connectivity index (χ3v) is 4.47. The highest BCUT2D eigenvalue weighted by Crippen LogP contribution is 2.34. The number of carbonyl (C=O) groups is 4. The monoisotopic (exact) mass is 465 g/mol. The molecule has 4 amide bonds. The minimum atomic E-state index is -4.64. The molecule has 0 spiro atoms. The first kappa shape index (κ1) is 25.3. The Morgan fingerprint density at radius 1 is 0.879 bits per heavy atom. The Balaban J connectivity index is 2.05. The summed E-state index contributed by atoms with van der Waals surface area (Å²) in [5.41, 5.74) is 9.05. The fourth-order valence-electron chi connectivity index (χ4n) is 2.90. The maximum Gasteiger partial charge on any atom is 0.418 e. The van der Waals surface area contributed by atoms with Gasteiger partial charge in [-0.1, -0.05) is 19.1 Å². The van der Waals surface area contributed by atoms with Crippen molar-refractivity contribution in [3.8, 4) is 0 Å². The molecule has 0 aliphatic carbocycles. The van der Waals surface area contributed by atoms with Crippen LogP contribution in [0.2, 0.25) is 0 Å². The number of anilines is 2. The number of amides is 4.